The van der Waals surface area contributed by atoms with Crippen LogP contribution in [0.15, 0.2) is 24.3 Å². The number of nitrogens with one attached hydrogen (secondary N) is 2. The van der Waals surface area contributed by atoms with E-state index >= 15 is 0 Å². The molecule has 2 atom stereocenters. The number of benzene rings is 1. The third kappa shape index (κ3) is 5.10. The lowest BCUT2D eigenvalue weighted by Crippen LogP contribution is -2.48. The molecule has 2 N–H and O–H groups in total. The fraction of sp³-hybridized carbons (Fsp3) is 0.640. The van der Waals surface area contributed by atoms with Crippen LogP contribution in [0.25, 0.3) is 0 Å². The standard InChI is InChI=1S/C25H37N3O3/c1-5-18(4)19-9-11-20(12-10-19)22(17(2)3)26-21(29)13-16-28-23(30)25(27-24(28)31)14-7-6-8-15-25/h9-12,17-18,22H,5-8,13-16H2,1-4H3,(H,26,29)(H,27,31). The molecular weight excluding hydrogens is 390 g/mol. The van der Waals surface area contributed by atoms with Crippen molar-refractivity contribution in [2.75, 3.05) is 6.54 Å². The Labute approximate surface area is 186 Å². The molecule has 1 aliphatic carbocycles. The van der Waals surface area contributed by atoms with E-state index < -0.39 is 5.54 Å². The van der Waals surface area contributed by atoms with Crippen LogP contribution in [-0.4, -0.2) is 34.8 Å². The molecule has 2 fully saturated rings. The summed E-state index contributed by atoms with van der Waals surface area (Å²) in [6.07, 6.45) is 5.60. The Morgan fingerprint density at radius 3 is 2.26 bits per heavy atom. The van der Waals surface area contributed by atoms with Gasteiger partial charge >= 0.3 is 6.03 Å². The van der Waals surface area contributed by atoms with Crippen molar-refractivity contribution in [3.05, 3.63) is 35.4 Å². The van der Waals surface area contributed by atoms with Gasteiger partial charge in [0.15, 0.2) is 0 Å². The maximum absolute atomic E-state index is 12.9. The first-order valence-electron chi connectivity index (χ1n) is 11.8. The Morgan fingerprint density at radius 1 is 1.06 bits per heavy atom. The number of nitrogens with zero attached hydrogens (tertiary/aromatic N) is 1. The van der Waals surface area contributed by atoms with Gasteiger partial charge in [0.2, 0.25) is 5.91 Å². The van der Waals surface area contributed by atoms with Gasteiger partial charge in [-0.25, -0.2) is 4.79 Å². The summed E-state index contributed by atoms with van der Waals surface area (Å²) in [4.78, 5) is 39.2. The molecule has 1 saturated carbocycles. The van der Waals surface area contributed by atoms with Crippen molar-refractivity contribution in [2.45, 2.75) is 90.1 Å². The molecule has 6 nitrogen and oxygen atoms in total. The Morgan fingerprint density at radius 2 is 1.68 bits per heavy atom. The Bertz CT molecular complexity index is 797. The maximum atomic E-state index is 12.9. The van der Waals surface area contributed by atoms with Crippen LogP contribution in [0.5, 0.6) is 0 Å². The largest absolute Gasteiger partial charge is 0.349 e. The summed E-state index contributed by atoms with van der Waals surface area (Å²) >= 11 is 0. The predicted octanol–water partition coefficient (Wildman–Crippen LogP) is 4.66. The molecule has 0 radical (unpaired) electrons. The van der Waals surface area contributed by atoms with E-state index in [9.17, 15) is 14.4 Å². The number of imide groups is 1. The molecule has 1 heterocycles. The molecule has 170 valence electrons. The summed E-state index contributed by atoms with van der Waals surface area (Å²) in [5.41, 5.74) is 1.64. The van der Waals surface area contributed by atoms with Crippen LogP contribution in [0.3, 0.4) is 0 Å². The zero-order valence-corrected chi connectivity index (χ0v) is 19.4. The Kier molecular flexibility index (Phi) is 7.39. The summed E-state index contributed by atoms with van der Waals surface area (Å²) in [6.45, 7) is 8.67. The molecule has 0 bridgehead atoms. The average molecular weight is 428 g/mol. The van der Waals surface area contributed by atoms with Crippen LogP contribution < -0.4 is 10.6 Å². The van der Waals surface area contributed by atoms with Crippen LogP contribution >= 0.6 is 0 Å². The van der Waals surface area contributed by atoms with Crippen molar-refractivity contribution >= 4 is 17.8 Å². The second kappa shape index (κ2) is 9.84. The van der Waals surface area contributed by atoms with Gasteiger partial charge in [0.25, 0.3) is 5.91 Å². The van der Waals surface area contributed by atoms with Gasteiger partial charge < -0.3 is 10.6 Å². The number of amides is 4. The molecule has 1 aromatic rings. The zero-order chi connectivity index (χ0) is 22.6. The van der Waals surface area contributed by atoms with E-state index in [1.165, 1.54) is 10.5 Å². The smallest absolute Gasteiger partial charge is 0.325 e. The molecule has 1 aromatic carbocycles. The lowest BCUT2D eigenvalue weighted by atomic mass is 9.82. The first-order chi connectivity index (χ1) is 14.8. The van der Waals surface area contributed by atoms with Crippen LogP contribution in [0.2, 0.25) is 0 Å². The fourth-order valence-corrected chi connectivity index (χ4v) is 4.73. The highest BCUT2D eigenvalue weighted by molar-refractivity contribution is 6.07. The lowest BCUT2D eigenvalue weighted by Gasteiger charge is -2.30. The van der Waals surface area contributed by atoms with Crippen LogP contribution in [-0.2, 0) is 9.59 Å². The van der Waals surface area contributed by atoms with Crippen LogP contribution in [0, 0.1) is 5.92 Å². The van der Waals surface area contributed by atoms with E-state index in [0.29, 0.717) is 18.8 Å². The van der Waals surface area contributed by atoms with Crippen molar-refractivity contribution in [2.24, 2.45) is 5.92 Å². The van der Waals surface area contributed by atoms with Crippen molar-refractivity contribution in [1.29, 1.82) is 0 Å². The SMILES string of the molecule is CCC(C)c1ccc(C(NC(=O)CCN2C(=O)NC3(CCCCC3)C2=O)C(C)C)cc1. The number of carbonyl (C=O) groups is 3. The zero-order valence-electron chi connectivity index (χ0n) is 19.4. The third-order valence-electron chi connectivity index (χ3n) is 6.98. The van der Waals surface area contributed by atoms with Gasteiger partial charge in [-0.3, -0.25) is 14.5 Å². The number of carbonyl (C=O) groups excluding carboxylic acids is 3. The number of hydrogen-bond donors (Lipinski definition) is 2. The second-order valence-corrected chi connectivity index (χ2v) is 9.54. The number of hydrogen-bond acceptors (Lipinski definition) is 3. The molecule has 1 spiro atoms. The van der Waals surface area contributed by atoms with Crippen molar-refractivity contribution in [3.63, 3.8) is 0 Å². The Balaban J connectivity index is 1.59. The number of urea groups is 1. The molecule has 4 amide bonds. The van der Waals surface area contributed by atoms with Gasteiger partial charge in [-0.15, -0.1) is 0 Å². The predicted molar refractivity (Wildman–Crippen MR) is 122 cm³/mol. The van der Waals surface area contributed by atoms with Gasteiger partial charge in [0, 0.05) is 13.0 Å². The van der Waals surface area contributed by atoms with E-state index in [0.717, 1.165) is 31.2 Å². The van der Waals surface area contributed by atoms with Crippen LogP contribution in [0.4, 0.5) is 4.79 Å². The van der Waals surface area contributed by atoms with Gasteiger partial charge in [-0.1, -0.05) is 71.2 Å². The summed E-state index contributed by atoms with van der Waals surface area (Å²) in [5.74, 6) is 0.430. The van der Waals surface area contributed by atoms with Crippen LogP contribution in [0.1, 0.15) is 95.7 Å². The summed E-state index contributed by atoms with van der Waals surface area (Å²) in [5, 5.41) is 6.01. The van der Waals surface area contributed by atoms with Gasteiger partial charge in [0.05, 0.1) is 6.04 Å². The maximum Gasteiger partial charge on any atom is 0.325 e. The monoisotopic (exact) mass is 427 g/mol. The molecule has 6 heteroatoms. The molecule has 2 unspecified atom stereocenters. The number of rotatable bonds is 8. The van der Waals surface area contributed by atoms with Crippen molar-refractivity contribution in [3.8, 4) is 0 Å². The first-order valence-corrected chi connectivity index (χ1v) is 11.8. The normalized spacial score (nSPS) is 20.1. The first kappa shape index (κ1) is 23.3. The molecule has 1 aliphatic heterocycles. The highest BCUT2D eigenvalue weighted by Gasteiger charge is 2.51. The van der Waals surface area contributed by atoms with Gasteiger partial charge in [0.1, 0.15) is 5.54 Å². The van der Waals surface area contributed by atoms with E-state index in [4.69, 9.17) is 0 Å². The molecule has 0 aromatic heterocycles. The second-order valence-electron chi connectivity index (χ2n) is 9.54. The molecule has 31 heavy (non-hydrogen) atoms. The molecule has 3 rings (SSSR count). The van der Waals surface area contributed by atoms with Crippen molar-refractivity contribution in [1.82, 2.24) is 15.5 Å². The topological polar surface area (TPSA) is 78.5 Å². The molecular formula is C25H37N3O3. The minimum absolute atomic E-state index is 0.105. The van der Waals surface area contributed by atoms with E-state index in [-0.39, 0.29) is 42.8 Å². The average Bonchev–Trinajstić information content (AvgIpc) is 2.99. The Hall–Kier alpha value is -2.37. The lowest BCUT2D eigenvalue weighted by molar-refractivity contribution is -0.132. The minimum Gasteiger partial charge on any atom is -0.349 e. The third-order valence-corrected chi connectivity index (χ3v) is 6.98. The quantitative estimate of drug-likeness (QED) is 0.592. The summed E-state index contributed by atoms with van der Waals surface area (Å²) in [6, 6.07) is 8.00. The molecule has 2 aliphatic rings. The minimum atomic E-state index is -0.732. The summed E-state index contributed by atoms with van der Waals surface area (Å²) < 4.78 is 0. The van der Waals surface area contributed by atoms with E-state index in [2.05, 4.69) is 62.6 Å². The van der Waals surface area contributed by atoms with Gasteiger partial charge in [-0.05, 0) is 42.2 Å². The highest BCUT2D eigenvalue weighted by atomic mass is 16.2. The fourth-order valence-electron chi connectivity index (χ4n) is 4.73. The summed E-state index contributed by atoms with van der Waals surface area (Å²) in [7, 11) is 0. The van der Waals surface area contributed by atoms with Crippen molar-refractivity contribution < 1.29 is 14.4 Å². The van der Waals surface area contributed by atoms with E-state index in [1.807, 2.05) is 0 Å². The van der Waals surface area contributed by atoms with Gasteiger partial charge in [-0.2, -0.15) is 0 Å². The highest BCUT2D eigenvalue weighted by Crippen LogP contribution is 2.33. The van der Waals surface area contributed by atoms with E-state index in [1.54, 1.807) is 0 Å². The molecule has 1 saturated heterocycles.